The molecular formula is C13H20ClN3O. The predicted molar refractivity (Wildman–Crippen MR) is 72.0 cm³/mol. The lowest BCUT2D eigenvalue weighted by molar-refractivity contribution is -0.117. The predicted octanol–water partition coefficient (Wildman–Crippen LogP) is 2.11. The smallest absolute Gasteiger partial charge is 0.133 e. The third kappa shape index (κ3) is 2.59. The summed E-state index contributed by atoms with van der Waals surface area (Å²) in [4.78, 5) is 13.7. The number of hydrogen-bond donors (Lipinski definition) is 0. The molecule has 0 bridgehead atoms. The van der Waals surface area contributed by atoms with Crippen molar-refractivity contribution in [3.8, 4) is 0 Å². The van der Waals surface area contributed by atoms with Crippen LogP contribution in [0, 0.1) is 0 Å². The molecule has 0 spiro atoms. The minimum atomic E-state index is -0.142. The van der Waals surface area contributed by atoms with Crippen molar-refractivity contribution in [2.24, 2.45) is 0 Å². The summed E-state index contributed by atoms with van der Waals surface area (Å²) in [7, 11) is 4.07. The number of hydrogen-bond acceptors (Lipinski definition) is 3. The molecule has 5 heteroatoms. The van der Waals surface area contributed by atoms with Crippen LogP contribution >= 0.6 is 11.6 Å². The maximum atomic E-state index is 11.6. The monoisotopic (exact) mass is 269 g/mol. The summed E-state index contributed by atoms with van der Waals surface area (Å²) in [6.45, 7) is 3.83. The second kappa shape index (κ2) is 5.02. The molecule has 1 fully saturated rings. The van der Waals surface area contributed by atoms with Crippen LogP contribution in [0.1, 0.15) is 31.9 Å². The fourth-order valence-corrected chi connectivity index (χ4v) is 3.03. The number of halogens is 1. The zero-order valence-electron chi connectivity index (χ0n) is 11.2. The molecule has 0 radical (unpaired) electrons. The molecule has 1 aliphatic rings. The highest BCUT2D eigenvalue weighted by molar-refractivity contribution is 6.31. The second-order valence-electron chi connectivity index (χ2n) is 5.64. The van der Waals surface area contributed by atoms with Crippen molar-refractivity contribution in [2.75, 3.05) is 20.6 Å². The van der Waals surface area contributed by atoms with Crippen molar-refractivity contribution in [3.63, 3.8) is 0 Å². The number of nitrogens with zero attached hydrogens (tertiary/aromatic N) is 3. The Kier molecular flexibility index (Phi) is 3.78. The molecule has 1 saturated carbocycles. The van der Waals surface area contributed by atoms with Gasteiger partial charge in [0, 0.05) is 24.8 Å². The van der Waals surface area contributed by atoms with E-state index in [4.69, 9.17) is 11.6 Å². The summed E-state index contributed by atoms with van der Waals surface area (Å²) in [6, 6.07) is 0. The lowest BCUT2D eigenvalue weighted by Gasteiger charge is -2.25. The van der Waals surface area contributed by atoms with Crippen molar-refractivity contribution >= 4 is 17.4 Å². The lowest BCUT2D eigenvalue weighted by atomic mass is 9.85. The van der Waals surface area contributed by atoms with Gasteiger partial charge in [-0.15, -0.1) is 0 Å². The summed E-state index contributed by atoms with van der Waals surface area (Å²) in [5.74, 6) is 0.328. The number of aromatic nitrogens is 2. The molecule has 0 aliphatic heterocycles. The highest BCUT2D eigenvalue weighted by Gasteiger charge is 2.39. The molecule has 100 valence electrons. The number of ketones is 1. The van der Waals surface area contributed by atoms with Gasteiger partial charge in [-0.1, -0.05) is 18.5 Å². The van der Waals surface area contributed by atoms with Gasteiger partial charge < -0.3 is 4.90 Å². The summed E-state index contributed by atoms with van der Waals surface area (Å²) >= 11 is 6.27. The average Bonchev–Trinajstić information content (AvgIpc) is 2.80. The second-order valence-corrected chi connectivity index (χ2v) is 6.05. The average molecular weight is 270 g/mol. The first kappa shape index (κ1) is 13.6. The molecular weight excluding hydrogens is 250 g/mol. The zero-order chi connectivity index (χ0) is 13.3. The minimum absolute atomic E-state index is 0.142. The Labute approximate surface area is 113 Å². The molecule has 0 saturated heterocycles. The maximum Gasteiger partial charge on any atom is 0.133 e. The first-order chi connectivity index (χ1) is 8.42. The minimum Gasteiger partial charge on any atom is -0.308 e. The van der Waals surface area contributed by atoms with E-state index in [1.54, 1.807) is 6.20 Å². The summed E-state index contributed by atoms with van der Waals surface area (Å²) in [6.07, 6.45) is 3.81. The van der Waals surface area contributed by atoms with Gasteiger partial charge in [0.05, 0.1) is 23.5 Å². The van der Waals surface area contributed by atoms with E-state index < -0.39 is 0 Å². The van der Waals surface area contributed by atoms with Crippen LogP contribution < -0.4 is 0 Å². The largest absolute Gasteiger partial charge is 0.308 e. The normalized spacial score (nSPS) is 24.2. The van der Waals surface area contributed by atoms with Crippen LogP contribution in [0.5, 0.6) is 0 Å². The van der Waals surface area contributed by atoms with Crippen LogP contribution in [0.2, 0.25) is 5.02 Å². The van der Waals surface area contributed by atoms with Crippen LogP contribution in [0.4, 0.5) is 0 Å². The standard InChI is InChI=1S/C13H20ClN3O/c1-13(5-4-10(18)8-13)12-11(14)9-15-17(12)7-6-16(2)3/h9H,4-8H2,1-3H3. The van der Waals surface area contributed by atoms with Gasteiger partial charge >= 0.3 is 0 Å². The van der Waals surface area contributed by atoms with E-state index in [1.807, 2.05) is 18.8 Å². The summed E-state index contributed by atoms with van der Waals surface area (Å²) in [5, 5.41) is 5.04. The molecule has 1 aromatic heterocycles. The molecule has 18 heavy (non-hydrogen) atoms. The van der Waals surface area contributed by atoms with Gasteiger partial charge in [0.25, 0.3) is 0 Å². The fourth-order valence-electron chi connectivity index (χ4n) is 2.66. The molecule has 0 N–H and O–H groups in total. The number of likely N-dealkylation sites (N-methyl/N-ethyl adjacent to an activating group) is 1. The van der Waals surface area contributed by atoms with Crippen LogP contribution in [-0.4, -0.2) is 41.1 Å². The summed E-state index contributed by atoms with van der Waals surface area (Å²) in [5.41, 5.74) is 0.883. The SMILES string of the molecule is CN(C)CCn1ncc(Cl)c1C1(C)CCC(=O)C1. The first-order valence-corrected chi connectivity index (χ1v) is 6.68. The van der Waals surface area contributed by atoms with Gasteiger partial charge in [-0.3, -0.25) is 9.48 Å². The van der Waals surface area contributed by atoms with E-state index in [0.717, 1.165) is 25.2 Å². The van der Waals surface area contributed by atoms with E-state index in [1.165, 1.54) is 0 Å². The number of rotatable bonds is 4. The summed E-state index contributed by atoms with van der Waals surface area (Å²) < 4.78 is 1.96. The van der Waals surface area contributed by atoms with Crippen LogP contribution in [0.3, 0.4) is 0 Å². The van der Waals surface area contributed by atoms with Gasteiger partial charge in [-0.2, -0.15) is 5.10 Å². The van der Waals surface area contributed by atoms with Crippen molar-refractivity contribution in [2.45, 2.75) is 38.1 Å². The van der Waals surface area contributed by atoms with Gasteiger partial charge in [-0.05, 0) is 20.5 Å². The molecule has 1 aromatic rings. The van der Waals surface area contributed by atoms with E-state index >= 15 is 0 Å². The zero-order valence-corrected chi connectivity index (χ0v) is 12.0. The van der Waals surface area contributed by atoms with Crippen molar-refractivity contribution in [3.05, 3.63) is 16.9 Å². The third-order valence-electron chi connectivity index (χ3n) is 3.67. The first-order valence-electron chi connectivity index (χ1n) is 6.30. The van der Waals surface area contributed by atoms with Gasteiger partial charge in [0.15, 0.2) is 0 Å². The lowest BCUT2D eigenvalue weighted by Crippen LogP contribution is -2.27. The van der Waals surface area contributed by atoms with Crippen LogP contribution in [0.25, 0.3) is 0 Å². The van der Waals surface area contributed by atoms with E-state index in [2.05, 4.69) is 16.9 Å². The highest BCUT2D eigenvalue weighted by atomic mass is 35.5. The van der Waals surface area contributed by atoms with Crippen molar-refractivity contribution in [1.82, 2.24) is 14.7 Å². The highest BCUT2D eigenvalue weighted by Crippen LogP contribution is 2.41. The van der Waals surface area contributed by atoms with Crippen LogP contribution in [-0.2, 0) is 16.8 Å². The van der Waals surface area contributed by atoms with Crippen molar-refractivity contribution < 1.29 is 4.79 Å². The number of Topliss-reactive ketones (excluding diaryl/α,β-unsaturated/α-hetero) is 1. The van der Waals surface area contributed by atoms with E-state index in [0.29, 0.717) is 23.6 Å². The Balaban J connectivity index is 2.26. The van der Waals surface area contributed by atoms with E-state index in [-0.39, 0.29) is 5.41 Å². The Morgan fingerprint density at radius 1 is 1.56 bits per heavy atom. The molecule has 2 rings (SSSR count). The Morgan fingerprint density at radius 2 is 2.28 bits per heavy atom. The molecule has 0 aromatic carbocycles. The Bertz CT molecular complexity index is 455. The fraction of sp³-hybridized carbons (Fsp3) is 0.692. The molecule has 1 unspecified atom stereocenters. The van der Waals surface area contributed by atoms with Gasteiger partial charge in [0.2, 0.25) is 0 Å². The number of carbonyl (C=O) groups excluding carboxylic acids is 1. The quantitative estimate of drug-likeness (QED) is 0.840. The molecule has 1 heterocycles. The number of carbonyl (C=O) groups is 1. The van der Waals surface area contributed by atoms with Gasteiger partial charge in [0.1, 0.15) is 5.78 Å². The molecule has 1 aliphatic carbocycles. The maximum absolute atomic E-state index is 11.6. The molecule has 1 atom stereocenters. The van der Waals surface area contributed by atoms with Crippen molar-refractivity contribution in [1.29, 1.82) is 0 Å². The van der Waals surface area contributed by atoms with Crippen LogP contribution in [0.15, 0.2) is 6.20 Å². The van der Waals surface area contributed by atoms with Gasteiger partial charge in [-0.25, -0.2) is 0 Å². The van der Waals surface area contributed by atoms with E-state index in [9.17, 15) is 4.79 Å². The Hall–Kier alpha value is -0.870. The third-order valence-corrected chi connectivity index (χ3v) is 3.95. The Morgan fingerprint density at radius 3 is 2.83 bits per heavy atom. The topological polar surface area (TPSA) is 38.1 Å². The molecule has 4 nitrogen and oxygen atoms in total. The molecule has 0 amide bonds.